The third-order valence-electron chi connectivity index (χ3n) is 4.16. The summed E-state index contributed by atoms with van der Waals surface area (Å²) in [7, 11) is 0. The summed E-state index contributed by atoms with van der Waals surface area (Å²) < 4.78 is 2.15. The molecule has 1 heterocycles. The van der Waals surface area contributed by atoms with Gasteiger partial charge in [-0.1, -0.05) is 43.7 Å². The molecule has 0 aliphatic heterocycles. The van der Waals surface area contributed by atoms with Gasteiger partial charge in [-0.15, -0.1) is 11.8 Å². The maximum absolute atomic E-state index is 9.10. The molecule has 3 rings (SSSR count). The van der Waals surface area contributed by atoms with Crippen molar-refractivity contribution in [2.45, 2.75) is 24.7 Å². The van der Waals surface area contributed by atoms with Gasteiger partial charge in [-0.05, 0) is 36.4 Å². The van der Waals surface area contributed by atoms with Crippen molar-refractivity contribution in [3.8, 4) is 17.8 Å². The molecule has 0 unspecified atom stereocenters. The van der Waals surface area contributed by atoms with E-state index < -0.39 is 0 Å². The number of hydrogen-bond acceptors (Lipinski definition) is 3. The quantitative estimate of drug-likeness (QED) is 0.311. The summed E-state index contributed by atoms with van der Waals surface area (Å²) in [6, 6.07) is 20.3. The fourth-order valence-electron chi connectivity index (χ4n) is 2.87. The minimum atomic E-state index is 0.110. The second kappa shape index (κ2) is 8.43. The minimum Gasteiger partial charge on any atom is -0.315 e. The number of nitrogens with zero attached hydrogens (tertiary/aromatic N) is 3. The monoisotopic (exact) mass is 357 g/mol. The molecule has 2 aromatic carbocycles. The molecule has 0 bridgehead atoms. The first-order chi connectivity index (χ1) is 12.8. The first kappa shape index (κ1) is 17.9. The van der Waals surface area contributed by atoms with Crippen molar-refractivity contribution in [2.75, 3.05) is 5.75 Å². The number of benzene rings is 2. The lowest BCUT2D eigenvalue weighted by Gasteiger charge is -2.11. The van der Waals surface area contributed by atoms with Gasteiger partial charge in [0.05, 0.1) is 11.2 Å². The van der Waals surface area contributed by atoms with Gasteiger partial charge in [-0.2, -0.15) is 10.5 Å². The maximum Gasteiger partial charge on any atom is 0.130 e. The minimum absolute atomic E-state index is 0.110. The highest BCUT2D eigenvalue weighted by atomic mass is 32.2. The summed E-state index contributed by atoms with van der Waals surface area (Å²) in [5, 5.41) is 19.2. The predicted octanol–water partition coefficient (Wildman–Crippen LogP) is 5.95. The van der Waals surface area contributed by atoms with Crippen molar-refractivity contribution in [3.63, 3.8) is 0 Å². The number of fused-ring (bicyclic) bond motifs is 1. The SMILES string of the molecule is CCCCSc1ccccc1-n1cc(C=C(C#N)C#N)c2ccccc21. The molecule has 128 valence electrons. The van der Waals surface area contributed by atoms with E-state index in [2.05, 4.69) is 35.8 Å². The topological polar surface area (TPSA) is 52.5 Å². The van der Waals surface area contributed by atoms with Crippen molar-refractivity contribution < 1.29 is 0 Å². The fourth-order valence-corrected chi connectivity index (χ4v) is 4.01. The predicted molar refractivity (Wildman–Crippen MR) is 108 cm³/mol. The second-order valence-electron chi connectivity index (χ2n) is 5.92. The number of thioether (sulfide) groups is 1. The van der Waals surface area contributed by atoms with Crippen LogP contribution in [0, 0.1) is 22.7 Å². The zero-order chi connectivity index (χ0) is 18.4. The third kappa shape index (κ3) is 3.67. The van der Waals surface area contributed by atoms with E-state index in [1.54, 1.807) is 6.08 Å². The van der Waals surface area contributed by atoms with Gasteiger partial charge in [0.15, 0.2) is 0 Å². The van der Waals surface area contributed by atoms with E-state index in [-0.39, 0.29) is 5.57 Å². The first-order valence-corrected chi connectivity index (χ1v) is 9.61. The standard InChI is InChI=1S/C22H19N3S/c1-2-3-12-26-22-11-7-6-10-21(22)25-16-18(13-17(14-23)15-24)19-8-4-5-9-20(19)25/h4-11,13,16H,2-3,12H2,1H3. The van der Waals surface area contributed by atoms with E-state index in [1.807, 2.05) is 54.4 Å². The molecule has 0 aliphatic carbocycles. The maximum atomic E-state index is 9.10. The van der Waals surface area contributed by atoms with Crippen LogP contribution in [0.2, 0.25) is 0 Å². The Hall–Kier alpha value is -2.95. The average Bonchev–Trinajstić information content (AvgIpc) is 3.05. The van der Waals surface area contributed by atoms with Crippen molar-refractivity contribution in [2.24, 2.45) is 0 Å². The third-order valence-corrected chi connectivity index (χ3v) is 5.31. The van der Waals surface area contributed by atoms with Gasteiger partial charge in [0.25, 0.3) is 0 Å². The van der Waals surface area contributed by atoms with Crippen LogP contribution in [0.25, 0.3) is 22.7 Å². The van der Waals surface area contributed by atoms with E-state index in [0.717, 1.165) is 27.9 Å². The van der Waals surface area contributed by atoms with Gasteiger partial charge in [-0.3, -0.25) is 0 Å². The van der Waals surface area contributed by atoms with Crippen LogP contribution in [-0.4, -0.2) is 10.3 Å². The van der Waals surface area contributed by atoms with Crippen LogP contribution < -0.4 is 0 Å². The number of para-hydroxylation sites is 2. The number of nitriles is 2. The Kier molecular flexibility index (Phi) is 5.79. The van der Waals surface area contributed by atoms with Crippen LogP contribution in [0.4, 0.5) is 0 Å². The van der Waals surface area contributed by atoms with E-state index >= 15 is 0 Å². The van der Waals surface area contributed by atoms with Gasteiger partial charge < -0.3 is 4.57 Å². The number of aromatic nitrogens is 1. The molecule has 26 heavy (non-hydrogen) atoms. The molecule has 0 fully saturated rings. The number of hydrogen-bond donors (Lipinski definition) is 0. The van der Waals surface area contributed by atoms with Gasteiger partial charge in [0.2, 0.25) is 0 Å². The van der Waals surface area contributed by atoms with E-state index in [4.69, 9.17) is 10.5 Å². The summed E-state index contributed by atoms with van der Waals surface area (Å²) in [6.45, 7) is 2.20. The van der Waals surface area contributed by atoms with Crippen LogP contribution in [0.1, 0.15) is 25.3 Å². The van der Waals surface area contributed by atoms with E-state index in [9.17, 15) is 0 Å². The molecule has 4 heteroatoms. The van der Waals surface area contributed by atoms with E-state index in [1.165, 1.54) is 17.7 Å². The summed E-state index contributed by atoms with van der Waals surface area (Å²) >= 11 is 1.87. The van der Waals surface area contributed by atoms with Crippen molar-refractivity contribution in [1.82, 2.24) is 4.57 Å². The first-order valence-electron chi connectivity index (χ1n) is 8.62. The molecule has 0 radical (unpaired) electrons. The lowest BCUT2D eigenvalue weighted by molar-refractivity contribution is 0.895. The van der Waals surface area contributed by atoms with Gasteiger partial charge in [0, 0.05) is 22.0 Å². The largest absolute Gasteiger partial charge is 0.315 e. The highest BCUT2D eigenvalue weighted by Crippen LogP contribution is 2.32. The molecule has 0 amide bonds. The molecule has 0 saturated heterocycles. The number of rotatable bonds is 6. The van der Waals surface area contributed by atoms with Crippen LogP contribution >= 0.6 is 11.8 Å². The lowest BCUT2D eigenvalue weighted by atomic mass is 10.1. The highest BCUT2D eigenvalue weighted by molar-refractivity contribution is 7.99. The Morgan fingerprint density at radius 3 is 2.58 bits per heavy atom. The molecule has 3 nitrogen and oxygen atoms in total. The molecular formula is C22H19N3S. The zero-order valence-corrected chi connectivity index (χ0v) is 15.5. The van der Waals surface area contributed by atoms with Gasteiger partial charge >= 0.3 is 0 Å². The molecular weight excluding hydrogens is 338 g/mol. The van der Waals surface area contributed by atoms with Crippen LogP contribution in [0.15, 0.2) is 65.2 Å². The summed E-state index contributed by atoms with van der Waals surface area (Å²) in [6.07, 6.45) is 6.04. The van der Waals surface area contributed by atoms with Crippen LogP contribution in [0.5, 0.6) is 0 Å². The Morgan fingerprint density at radius 1 is 1.08 bits per heavy atom. The zero-order valence-electron chi connectivity index (χ0n) is 14.6. The number of unbranched alkanes of at least 4 members (excludes halogenated alkanes) is 1. The molecule has 3 aromatic rings. The van der Waals surface area contributed by atoms with Crippen LogP contribution in [-0.2, 0) is 0 Å². The van der Waals surface area contributed by atoms with Crippen LogP contribution in [0.3, 0.4) is 0 Å². The molecule has 0 N–H and O–H groups in total. The molecule has 0 aliphatic rings. The summed E-state index contributed by atoms with van der Waals surface area (Å²) in [4.78, 5) is 1.23. The molecule has 0 saturated carbocycles. The Labute approximate surface area is 158 Å². The second-order valence-corrected chi connectivity index (χ2v) is 7.06. The Morgan fingerprint density at radius 2 is 1.81 bits per heavy atom. The van der Waals surface area contributed by atoms with E-state index in [0.29, 0.717) is 0 Å². The molecule has 1 aromatic heterocycles. The molecule has 0 spiro atoms. The van der Waals surface area contributed by atoms with Crippen molar-refractivity contribution in [3.05, 3.63) is 65.9 Å². The van der Waals surface area contributed by atoms with Gasteiger partial charge in [-0.25, -0.2) is 0 Å². The lowest BCUT2D eigenvalue weighted by Crippen LogP contribution is -1.94. The summed E-state index contributed by atoms with van der Waals surface area (Å²) in [5.74, 6) is 1.09. The summed E-state index contributed by atoms with van der Waals surface area (Å²) in [5.41, 5.74) is 3.18. The Balaban J connectivity index is 2.15. The molecule has 0 atom stereocenters. The number of allylic oxidation sites excluding steroid dienone is 1. The fraction of sp³-hybridized carbons (Fsp3) is 0.182. The van der Waals surface area contributed by atoms with Gasteiger partial charge in [0.1, 0.15) is 17.7 Å². The normalized spacial score (nSPS) is 10.3. The van der Waals surface area contributed by atoms with Crippen molar-refractivity contribution in [1.29, 1.82) is 10.5 Å². The average molecular weight is 357 g/mol. The van der Waals surface area contributed by atoms with Crippen molar-refractivity contribution >= 4 is 28.7 Å². The highest BCUT2D eigenvalue weighted by Gasteiger charge is 2.12. The smallest absolute Gasteiger partial charge is 0.130 e. The Bertz CT molecular complexity index is 1020.